The van der Waals surface area contributed by atoms with E-state index < -0.39 is 17.7 Å². The van der Waals surface area contributed by atoms with E-state index in [2.05, 4.69) is 5.32 Å². The van der Waals surface area contributed by atoms with Gasteiger partial charge in [0.2, 0.25) is 0 Å². The zero-order valence-corrected chi connectivity index (χ0v) is 12.2. The summed E-state index contributed by atoms with van der Waals surface area (Å²) in [5.74, 6) is -0.832. The third-order valence-electron chi connectivity index (χ3n) is 2.90. The first-order chi connectivity index (χ1) is 9.04. The average Bonchev–Trinajstić information content (AvgIpc) is 2.77. The third kappa shape index (κ3) is 2.96. The molecule has 0 bridgehead atoms. The Labute approximate surface area is 120 Å². The summed E-state index contributed by atoms with van der Waals surface area (Å²) in [6.07, 6.45) is 0. The molecule has 5 heteroatoms. The molecule has 0 radical (unpaired) electrons. The van der Waals surface area contributed by atoms with Crippen LogP contribution in [0.25, 0.3) is 0 Å². The van der Waals surface area contributed by atoms with Crippen LogP contribution in [-0.2, 0) is 0 Å². The summed E-state index contributed by atoms with van der Waals surface area (Å²) < 4.78 is 27.8. The first-order valence-corrected chi connectivity index (χ1v) is 7.22. The van der Waals surface area contributed by atoms with Crippen LogP contribution in [0.15, 0.2) is 23.6 Å². The predicted molar refractivity (Wildman–Crippen MR) is 75.9 cm³/mol. The van der Waals surface area contributed by atoms with Gasteiger partial charge in [-0.25, -0.2) is 8.78 Å². The van der Waals surface area contributed by atoms with Crippen LogP contribution in [-0.4, -0.2) is 6.54 Å². The van der Waals surface area contributed by atoms with Crippen LogP contribution < -0.4 is 5.32 Å². The number of benzene rings is 1. The molecule has 1 aromatic carbocycles. The van der Waals surface area contributed by atoms with Gasteiger partial charge in [-0.2, -0.15) is 0 Å². The first-order valence-electron chi connectivity index (χ1n) is 5.96. The van der Waals surface area contributed by atoms with Crippen molar-refractivity contribution in [3.63, 3.8) is 0 Å². The fraction of sp³-hybridized carbons (Fsp3) is 0.286. The molecule has 2 rings (SSSR count). The molecule has 0 aliphatic heterocycles. The summed E-state index contributed by atoms with van der Waals surface area (Å²) >= 11 is 7.53. The molecular weight excluding hydrogens is 288 g/mol. The zero-order valence-electron chi connectivity index (χ0n) is 10.6. The lowest BCUT2D eigenvalue weighted by Crippen LogP contribution is -2.22. The van der Waals surface area contributed by atoms with E-state index >= 15 is 0 Å². The molecule has 1 heterocycles. The van der Waals surface area contributed by atoms with E-state index in [0.717, 1.165) is 4.88 Å². The molecule has 0 aliphatic rings. The third-order valence-corrected chi connectivity index (χ3v) is 4.33. The van der Waals surface area contributed by atoms with Crippen LogP contribution >= 0.6 is 22.9 Å². The van der Waals surface area contributed by atoms with Gasteiger partial charge in [0.05, 0.1) is 11.1 Å². The van der Waals surface area contributed by atoms with E-state index in [1.165, 1.54) is 23.5 Å². The molecule has 0 saturated heterocycles. The van der Waals surface area contributed by atoms with Crippen LogP contribution in [0.3, 0.4) is 0 Å². The molecule has 0 aliphatic carbocycles. The Balaban J connectivity index is 2.51. The van der Waals surface area contributed by atoms with Gasteiger partial charge in [-0.3, -0.25) is 0 Å². The maximum atomic E-state index is 14.1. The molecule has 1 unspecified atom stereocenters. The minimum absolute atomic E-state index is 0.286. The van der Waals surface area contributed by atoms with Crippen LogP contribution in [0.5, 0.6) is 0 Å². The number of aryl methyl sites for hydroxylation is 1. The number of nitrogens with one attached hydrogen (secondary N) is 1. The smallest absolute Gasteiger partial charge is 0.128 e. The summed E-state index contributed by atoms with van der Waals surface area (Å²) in [4.78, 5) is 0.797. The van der Waals surface area contributed by atoms with Crippen molar-refractivity contribution in [1.29, 1.82) is 0 Å². The minimum atomic E-state index is -0.424. The summed E-state index contributed by atoms with van der Waals surface area (Å²) in [5.41, 5.74) is 0.586. The van der Waals surface area contributed by atoms with E-state index in [0.29, 0.717) is 17.1 Å². The van der Waals surface area contributed by atoms with E-state index in [4.69, 9.17) is 11.6 Å². The average molecular weight is 302 g/mol. The molecular formula is C14H14ClF2NS. The fourth-order valence-corrected chi connectivity index (χ4v) is 3.20. The molecule has 0 spiro atoms. The minimum Gasteiger partial charge on any atom is -0.306 e. The Hall–Kier alpha value is -0.970. The van der Waals surface area contributed by atoms with Crippen molar-refractivity contribution in [2.24, 2.45) is 0 Å². The fourth-order valence-electron chi connectivity index (χ4n) is 1.94. The van der Waals surface area contributed by atoms with E-state index in [-0.39, 0.29) is 5.56 Å². The van der Waals surface area contributed by atoms with Gasteiger partial charge in [0, 0.05) is 10.4 Å². The van der Waals surface area contributed by atoms with Crippen LogP contribution in [0.1, 0.15) is 29.0 Å². The van der Waals surface area contributed by atoms with Crippen LogP contribution in [0, 0.1) is 18.6 Å². The van der Waals surface area contributed by atoms with E-state index in [1.54, 1.807) is 13.0 Å². The van der Waals surface area contributed by atoms with Gasteiger partial charge in [-0.05, 0) is 42.6 Å². The molecule has 0 amide bonds. The SMILES string of the molecule is CCNC(c1cc(F)c(C)cc1F)c1sccc1Cl. The highest BCUT2D eigenvalue weighted by Gasteiger charge is 2.22. The highest BCUT2D eigenvalue weighted by Crippen LogP contribution is 2.34. The lowest BCUT2D eigenvalue weighted by Gasteiger charge is -2.19. The summed E-state index contributed by atoms with van der Waals surface area (Å²) in [6.45, 7) is 4.09. The maximum absolute atomic E-state index is 14.1. The number of thiophene rings is 1. The monoisotopic (exact) mass is 301 g/mol. The van der Waals surface area contributed by atoms with Crippen molar-refractivity contribution < 1.29 is 8.78 Å². The molecule has 19 heavy (non-hydrogen) atoms. The number of rotatable bonds is 4. The van der Waals surface area contributed by atoms with Gasteiger partial charge in [-0.15, -0.1) is 11.3 Å². The van der Waals surface area contributed by atoms with Gasteiger partial charge in [0.1, 0.15) is 11.6 Å². The number of hydrogen-bond acceptors (Lipinski definition) is 2. The van der Waals surface area contributed by atoms with Crippen LogP contribution in [0.4, 0.5) is 8.78 Å². The Morgan fingerprint density at radius 1 is 1.32 bits per heavy atom. The van der Waals surface area contributed by atoms with Crippen LogP contribution in [0.2, 0.25) is 5.02 Å². The highest BCUT2D eigenvalue weighted by atomic mass is 35.5. The van der Waals surface area contributed by atoms with Gasteiger partial charge < -0.3 is 5.32 Å². The van der Waals surface area contributed by atoms with Crippen molar-refractivity contribution >= 4 is 22.9 Å². The number of halogens is 3. The first kappa shape index (κ1) is 14.4. The molecule has 2 aromatic rings. The lowest BCUT2D eigenvalue weighted by atomic mass is 10.0. The van der Waals surface area contributed by atoms with Gasteiger partial charge >= 0.3 is 0 Å². The Bertz CT molecular complexity index is 583. The van der Waals surface area contributed by atoms with Gasteiger partial charge in [0.15, 0.2) is 0 Å². The maximum Gasteiger partial charge on any atom is 0.128 e. The van der Waals surface area contributed by atoms with Crippen molar-refractivity contribution in [3.05, 3.63) is 56.2 Å². The topological polar surface area (TPSA) is 12.0 Å². The molecule has 0 fully saturated rings. The molecule has 1 atom stereocenters. The van der Waals surface area contributed by atoms with E-state index in [1.807, 2.05) is 12.3 Å². The molecule has 1 nitrogen and oxygen atoms in total. The molecule has 1 N–H and O–H groups in total. The Kier molecular flexibility index (Phi) is 4.55. The predicted octanol–water partition coefficient (Wildman–Crippen LogP) is 4.69. The summed E-state index contributed by atoms with van der Waals surface area (Å²) in [7, 11) is 0. The second-order valence-electron chi connectivity index (χ2n) is 4.25. The molecule has 102 valence electrons. The van der Waals surface area contributed by atoms with Gasteiger partial charge in [0.25, 0.3) is 0 Å². The van der Waals surface area contributed by atoms with E-state index in [9.17, 15) is 8.78 Å². The standard InChI is InChI=1S/C14H14ClF2NS/c1-3-18-13(14-10(15)4-5-19-14)9-7-11(16)8(2)6-12(9)17/h4-7,13,18H,3H2,1-2H3. The summed E-state index contributed by atoms with van der Waals surface area (Å²) in [5, 5.41) is 5.55. The van der Waals surface area contributed by atoms with Crippen molar-refractivity contribution in [1.82, 2.24) is 5.32 Å². The largest absolute Gasteiger partial charge is 0.306 e. The second-order valence-corrected chi connectivity index (χ2v) is 5.60. The summed E-state index contributed by atoms with van der Waals surface area (Å²) in [6, 6.07) is 3.80. The zero-order chi connectivity index (χ0) is 14.0. The van der Waals surface area contributed by atoms with Crippen molar-refractivity contribution in [3.8, 4) is 0 Å². The Morgan fingerprint density at radius 3 is 2.63 bits per heavy atom. The quantitative estimate of drug-likeness (QED) is 0.864. The Morgan fingerprint density at radius 2 is 2.05 bits per heavy atom. The highest BCUT2D eigenvalue weighted by molar-refractivity contribution is 7.10. The normalized spacial score (nSPS) is 12.7. The lowest BCUT2D eigenvalue weighted by molar-refractivity contribution is 0.544. The second kappa shape index (κ2) is 5.99. The van der Waals surface area contributed by atoms with Crippen molar-refractivity contribution in [2.75, 3.05) is 6.54 Å². The van der Waals surface area contributed by atoms with Crippen molar-refractivity contribution in [2.45, 2.75) is 19.9 Å². The number of hydrogen-bond donors (Lipinski definition) is 1. The molecule has 0 saturated carbocycles. The molecule has 1 aromatic heterocycles. The van der Waals surface area contributed by atoms with Gasteiger partial charge in [-0.1, -0.05) is 18.5 Å².